The van der Waals surface area contributed by atoms with E-state index in [4.69, 9.17) is 17.3 Å². The second-order valence-electron chi connectivity index (χ2n) is 3.13. The molecule has 2 N–H and O–H groups in total. The number of nitrogen functional groups attached to an aromatic ring is 1. The van der Waals surface area contributed by atoms with Crippen molar-refractivity contribution in [2.45, 2.75) is 13.1 Å². The molecule has 1 rings (SSSR count). The summed E-state index contributed by atoms with van der Waals surface area (Å²) in [6.07, 6.45) is -4.67. The van der Waals surface area contributed by atoms with E-state index in [0.717, 1.165) is 6.07 Å². The molecule has 17 heavy (non-hydrogen) atoms. The number of esters is 1. The van der Waals surface area contributed by atoms with Gasteiger partial charge < -0.3 is 10.5 Å². The fourth-order valence-corrected chi connectivity index (χ4v) is 1.45. The van der Waals surface area contributed by atoms with Crippen LogP contribution in [0.5, 0.6) is 0 Å². The predicted octanol–water partition coefficient (Wildman–Crippen LogP) is 3.12. The fourth-order valence-electron chi connectivity index (χ4n) is 1.23. The third kappa shape index (κ3) is 3.03. The number of carbonyl (C=O) groups is 1. The van der Waals surface area contributed by atoms with Crippen LogP contribution in [0.3, 0.4) is 0 Å². The Balaban J connectivity index is 3.34. The number of alkyl halides is 3. The molecule has 0 radical (unpaired) electrons. The number of rotatable bonds is 2. The van der Waals surface area contributed by atoms with E-state index >= 15 is 0 Å². The minimum Gasteiger partial charge on any atom is -0.462 e. The van der Waals surface area contributed by atoms with Gasteiger partial charge >= 0.3 is 12.1 Å². The minimum atomic E-state index is -4.67. The summed E-state index contributed by atoms with van der Waals surface area (Å²) in [5, 5.41) is -0.227. The first-order valence-electron chi connectivity index (χ1n) is 4.60. The van der Waals surface area contributed by atoms with Crippen LogP contribution in [-0.2, 0) is 10.9 Å². The molecule has 0 heterocycles. The van der Waals surface area contributed by atoms with Crippen molar-refractivity contribution in [3.05, 3.63) is 28.3 Å². The molecule has 0 saturated heterocycles. The number of nitrogens with two attached hydrogens (primary N) is 1. The quantitative estimate of drug-likeness (QED) is 0.662. The molecule has 0 aliphatic heterocycles. The molecule has 0 bridgehead atoms. The van der Waals surface area contributed by atoms with Crippen molar-refractivity contribution in [3.63, 3.8) is 0 Å². The molecule has 7 heteroatoms. The number of halogens is 4. The topological polar surface area (TPSA) is 52.3 Å². The zero-order valence-electron chi connectivity index (χ0n) is 8.77. The van der Waals surface area contributed by atoms with Crippen molar-refractivity contribution in [2.75, 3.05) is 12.3 Å². The Labute approximate surface area is 100 Å². The van der Waals surface area contributed by atoms with Gasteiger partial charge in [-0.2, -0.15) is 13.2 Å². The van der Waals surface area contributed by atoms with Crippen molar-refractivity contribution >= 4 is 23.3 Å². The summed E-state index contributed by atoms with van der Waals surface area (Å²) in [5.74, 6) is -0.932. The smallest absolute Gasteiger partial charge is 0.418 e. The van der Waals surface area contributed by atoms with E-state index in [1.165, 1.54) is 6.92 Å². The van der Waals surface area contributed by atoms with Crippen LogP contribution in [0.2, 0.25) is 5.02 Å². The molecule has 0 spiro atoms. The minimum absolute atomic E-state index is 0.0339. The lowest BCUT2D eigenvalue weighted by atomic mass is 10.1. The molecule has 0 saturated carbocycles. The van der Waals surface area contributed by atoms with Crippen molar-refractivity contribution in [3.8, 4) is 0 Å². The fraction of sp³-hybridized carbons (Fsp3) is 0.300. The first kappa shape index (κ1) is 13.6. The second-order valence-corrected chi connectivity index (χ2v) is 3.57. The monoisotopic (exact) mass is 267 g/mol. The Kier molecular flexibility index (Phi) is 3.87. The van der Waals surface area contributed by atoms with Crippen LogP contribution in [0.15, 0.2) is 12.1 Å². The van der Waals surface area contributed by atoms with Crippen LogP contribution in [-0.4, -0.2) is 12.6 Å². The Morgan fingerprint density at radius 3 is 2.53 bits per heavy atom. The third-order valence-electron chi connectivity index (χ3n) is 1.95. The normalized spacial score (nSPS) is 11.4. The summed E-state index contributed by atoms with van der Waals surface area (Å²) in [6, 6.07) is 1.71. The SMILES string of the molecule is CCOC(=O)c1cc(Cl)cc(C(F)(F)F)c1N. The number of anilines is 1. The lowest BCUT2D eigenvalue weighted by Gasteiger charge is -2.13. The van der Waals surface area contributed by atoms with E-state index in [9.17, 15) is 18.0 Å². The van der Waals surface area contributed by atoms with Crippen molar-refractivity contribution < 1.29 is 22.7 Å². The maximum atomic E-state index is 12.6. The summed E-state index contributed by atoms with van der Waals surface area (Å²) in [4.78, 5) is 11.4. The molecule has 94 valence electrons. The average molecular weight is 268 g/mol. The van der Waals surface area contributed by atoms with Gasteiger partial charge in [-0.05, 0) is 19.1 Å². The zero-order chi connectivity index (χ0) is 13.2. The number of carbonyl (C=O) groups excluding carboxylic acids is 1. The molecule has 1 aromatic rings. The lowest BCUT2D eigenvalue weighted by molar-refractivity contribution is -0.136. The Bertz CT molecular complexity index is 446. The van der Waals surface area contributed by atoms with E-state index in [1.807, 2.05) is 0 Å². The molecule has 0 unspecified atom stereocenters. The molecule has 0 aliphatic rings. The maximum Gasteiger partial charge on any atom is 0.418 e. The van der Waals surface area contributed by atoms with Gasteiger partial charge in [0.05, 0.1) is 23.4 Å². The van der Waals surface area contributed by atoms with Gasteiger partial charge in [-0.3, -0.25) is 0 Å². The largest absolute Gasteiger partial charge is 0.462 e. The second kappa shape index (κ2) is 4.83. The van der Waals surface area contributed by atoms with Crippen LogP contribution in [0.25, 0.3) is 0 Å². The predicted molar refractivity (Wildman–Crippen MR) is 56.8 cm³/mol. The number of benzene rings is 1. The Morgan fingerprint density at radius 2 is 2.06 bits per heavy atom. The summed E-state index contributed by atoms with van der Waals surface area (Å²) in [6.45, 7) is 1.56. The Hall–Kier alpha value is -1.43. The van der Waals surface area contributed by atoms with Gasteiger partial charge in [0, 0.05) is 5.02 Å². The van der Waals surface area contributed by atoms with Gasteiger partial charge in [0.15, 0.2) is 0 Å². The number of hydrogen-bond donors (Lipinski definition) is 1. The van der Waals surface area contributed by atoms with Crippen LogP contribution >= 0.6 is 11.6 Å². The highest BCUT2D eigenvalue weighted by Crippen LogP contribution is 2.37. The highest BCUT2D eigenvalue weighted by atomic mass is 35.5. The third-order valence-corrected chi connectivity index (χ3v) is 2.16. The molecule has 3 nitrogen and oxygen atoms in total. The van der Waals surface area contributed by atoms with Crippen molar-refractivity contribution in [2.24, 2.45) is 0 Å². The van der Waals surface area contributed by atoms with Gasteiger partial charge in [-0.15, -0.1) is 0 Å². The number of ether oxygens (including phenoxy) is 1. The van der Waals surface area contributed by atoms with Crippen LogP contribution < -0.4 is 5.73 Å². The molecule has 0 amide bonds. The lowest BCUT2D eigenvalue weighted by Crippen LogP contribution is -2.14. The number of hydrogen-bond acceptors (Lipinski definition) is 3. The molecule has 0 fully saturated rings. The highest BCUT2D eigenvalue weighted by Gasteiger charge is 2.35. The van der Waals surface area contributed by atoms with Crippen molar-refractivity contribution in [1.82, 2.24) is 0 Å². The van der Waals surface area contributed by atoms with E-state index in [1.54, 1.807) is 0 Å². The molecule has 1 aromatic carbocycles. The first-order chi connectivity index (χ1) is 7.77. The Morgan fingerprint density at radius 1 is 1.47 bits per heavy atom. The van der Waals surface area contributed by atoms with Crippen molar-refractivity contribution in [1.29, 1.82) is 0 Å². The van der Waals surface area contributed by atoms with E-state index in [-0.39, 0.29) is 17.2 Å². The van der Waals surface area contributed by atoms with Gasteiger partial charge in [0.2, 0.25) is 0 Å². The average Bonchev–Trinajstić information content (AvgIpc) is 2.19. The van der Waals surface area contributed by atoms with Gasteiger partial charge in [0.25, 0.3) is 0 Å². The summed E-state index contributed by atoms with van der Waals surface area (Å²) in [5.41, 5.74) is 3.08. The molecule has 0 aromatic heterocycles. The van der Waals surface area contributed by atoms with Gasteiger partial charge in [-0.25, -0.2) is 4.79 Å². The first-order valence-corrected chi connectivity index (χ1v) is 4.98. The van der Waals surface area contributed by atoms with Crippen LogP contribution in [0.1, 0.15) is 22.8 Å². The highest BCUT2D eigenvalue weighted by molar-refractivity contribution is 6.31. The summed E-state index contributed by atoms with van der Waals surface area (Å²) in [7, 11) is 0. The van der Waals surface area contributed by atoms with E-state index in [0.29, 0.717) is 6.07 Å². The zero-order valence-corrected chi connectivity index (χ0v) is 9.52. The summed E-state index contributed by atoms with van der Waals surface area (Å²) < 4.78 is 42.3. The van der Waals surface area contributed by atoms with Crippen LogP contribution in [0.4, 0.5) is 18.9 Å². The van der Waals surface area contributed by atoms with E-state index in [2.05, 4.69) is 4.74 Å². The standard InChI is InChI=1S/C10H9ClF3NO2/c1-2-17-9(16)6-3-5(11)4-7(8(6)15)10(12,13)14/h3-4H,2,15H2,1H3. The molecular formula is C10H9ClF3NO2. The van der Waals surface area contributed by atoms with Gasteiger partial charge in [-0.1, -0.05) is 11.6 Å². The summed E-state index contributed by atoms with van der Waals surface area (Å²) >= 11 is 5.51. The van der Waals surface area contributed by atoms with Gasteiger partial charge in [0.1, 0.15) is 0 Å². The van der Waals surface area contributed by atoms with E-state index < -0.39 is 23.4 Å². The molecule has 0 atom stereocenters. The van der Waals surface area contributed by atoms with Crippen LogP contribution in [0, 0.1) is 0 Å². The maximum absolute atomic E-state index is 12.6. The molecular weight excluding hydrogens is 259 g/mol. The molecule has 0 aliphatic carbocycles.